The molecule has 3 atom stereocenters. The summed E-state index contributed by atoms with van der Waals surface area (Å²) in [6, 6.07) is 6.96. The van der Waals surface area contributed by atoms with Crippen molar-refractivity contribution < 1.29 is 4.92 Å². The number of halogens is 1. The Balaban J connectivity index is 2.07. The molecule has 1 saturated carbocycles. The minimum absolute atomic E-state index is 0.171. The Kier molecular flexibility index (Phi) is 5.03. The zero-order chi connectivity index (χ0) is 14.7. The molecule has 20 heavy (non-hydrogen) atoms. The monoisotopic (exact) mass is 295 g/mol. The van der Waals surface area contributed by atoms with Gasteiger partial charge >= 0.3 is 0 Å². The molecular formula is C16H22ClNO2. The normalized spacial score (nSPS) is 26.7. The van der Waals surface area contributed by atoms with E-state index >= 15 is 0 Å². The summed E-state index contributed by atoms with van der Waals surface area (Å²) in [5, 5.41) is 11.0. The van der Waals surface area contributed by atoms with Gasteiger partial charge in [0, 0.05) is 17.5 Å². The van der Waals surface area contributed by atoms with Gasteiger partial charge in [-0.15, -0.1) is 11.6 Å². The van der Waals surface area contributed by atoms with E-state index in [9.17, 15) is 10.1 Å². The fourth-order valence-electron chi connectivity index (χ4n) is 3.18. The highest BCUT2D eigenvalue weighted by Crippen LogP contribution is 2.38. The molecule has 0 bridgehead atoms. The van der Waals surface area contributed by atoms with E-state index in [1.165, 1.54) is 6.42 Å². The minimum atomic E-state index is -0.334. The van der Waals surface area contributed by atoms with Crippen LogP contribution in [0.15, 0.2) is 24.3 Å². The second-order valence-electron chi connectivity index (χ2n) is 6.22. The molecule has 0 N–H and O–H groups in total. The van der Waals surface area contributed by atoms with Crippen LogP contribution >= 0.6 is 11.6 Å². The van der Waals surface area contributed by atoms with Gasteiger partial charge in [-0.05, 0) is 49.0 Å². The first-order valence-electron chi connectivity index (χ1n) is 7.34. The van der Waals surface area contributed by atoms with Gasteiger partial charge in [-0.3, -0.25) is 10.1 Å². The van der Waals surface area contributed by atoms with E-state index in [2.05, 4.69) is 13.8 Å². The van der Waals surface area contributed by atoms with E-state index in [1.54, 1.807) is 18.2 Å². The van der Waals surface area contributed by atoms with Crippen molar-refractivity contribution in [2.75, 3.05) is 0 Å². The standard InChI is InChI=1S/C16H22ClNO2/c1-11(2)13-6-7-16(17)14(10-13)8-12-4-3-5-15(9-12)18(19)20/h3-5,9,11,13-14,16H,6-8,10H2,1-2H3. The van der Waals surface area contributed by atoms with E-state index in [0.29, 0.717) is 11.8 Å². The second-order valence-corrected chi connectivity index (χ2v) is 6.78. The van der Waals surface area contributed by atoms with Crippen LogP contribution in [0.2, 0.25) is 0 Å². The molecule has 110 valence electrons. The van der Waals surface area contributed by atoms with Gasteiger partial charge in [0.25, 0.3) is 5.69 Å². The van der Waals surface area contributed by atoms with Crippen LogP contribution in [0.25, 0.3) is 0 Å². The van der Waals surface area contributed by atoms with Crippen molar-refractivity contribution in [3.63, 3.8) is 0 Å². The van der Waals surface area contributed by atoms with Crippen molar-refractivity contribution in [3.05, 3.63) is 39.9 Å². The second kappa shape index (κ2) is 6.57. The third kappa shape index (κ3) is 3.72. The molecule has 1 aromatic carbocycles. The first-order valence-corrected chi connectivity index (χ1v) is 7.78. The van der Waals surface area contributed by atoms with Crippen LogP contribution in [0, 0.1) is 27.9 Å². The summed E-state index contributed by atoms with van der Waals surface area (Å²) < 4.78 is 0. The number of non-ortho nitro benzene ring substituents is 1. The number of nitro benzene ring substituents is 1. The van der Waals surface area contributed by atoms with Crippen LogP contribution in [0.1, 0.15) is 38.7 Å². The van der Waals surface area contributed by atoms with Gasteiger partial charge in [-0.2, -0.15) is 0 Å². The quantitative estimate of drug-likeness (QED) is 0.454. The van der Waals surface area contributed by atoms with Gasteiger partial charge in [-0.1, -0.05) is 26.0 Å². The predicted molar refractivity (Wildman–Crippen MR) is 82.1 cm³/mol. The lowest BCUT2D eigenvalue weighted by molar-refractivity contribution is -0.384. The number of hydrogen-bond acceptors (Lipinski definition) is 2. The SMILES string of the molecule is CC(C)C1CCC(Cl)C(Cc2cccc([N+](=O)[O-])c2)C1. The zero-order valence-electron chi connectivity index (χ0n) is 12.1. The fraction of sp³-hybridized carbons (Fsp3) is 0.625. The third-order valence-corrected chi connectivity index (χ3v) is 5.07. The number of benzene rings is 1. The smallest absolute Gasteiger partial charge is 0.258 e. The molecule has 3 unspecified atom stereocenters. The highest BCUT2D eigenvalue weighted by atomic mass is 35.5. The Bertz CT molecular complexity index is 475. The summed E-state index contributed by atoms with van der Waals surface area (Å²) in [6.45, 7) is 4.54. The number of nitrogens with zero attached hydrogens (tertiary/aromatic N) is 1. The molecule has 0 heterocycles. The molecular weight excluding hydrogens is 274 g/mol. The lowest BCUT2D eigenvalue weighted by Gasteiger charge is -2.35. The summed E-state index contributed by atoms with van der Waals surface area (Å²) in [5.74, 6) is 1.85. The number of hydrogen-bond donors (Lipinski definition) is 0. The molecule has 1 aliphatic carbocycles. The van der Waals surface area contributed by atoms with Gasteiger partial charge in [0.05, 0.1) is 4.92 Å². The van der Waals surface area contributed by atoms with Crippen LogP contribution < -0.4 is 0 Å². The van der Waals surface area contributed by atoms with Gasteiger partial charge in [0.2, 0.25) is 0 Å². The van der Waals surface area contributed by atoms with Gasteiger partial charge in [0.1, 0.15) is 0 Å². The Labute approximate surface area is 125 Å². The molecule has 4 heteroatoms. The van der Waals surface area contributed by atoms with E-state index < -0.39 is 0 Å². The summed E-state index contributed by atoms with van der Waals surface area (Å²) in [6.07, 6.45) is 4.24. The Morgan fingerprint density at radius 3 is 2.80 bits per heavy atom. The molecule has 0 saturated heterocycles. The van der Waals surface area contributed by atoms with Crippen LogP contribution in [0.3, 0.4) is 0 Å². The van der Waals surface area contributed by atoms with E-state index in [0.717, 1.165) is 30.7 Å². The summed E-state index contributed by atoms with van der Waals surface area (Å²) in [7, 11) is 0. The topological polar surface area (TPSA) is 43.1 Å². The maximum atomic E-state index is 10.8. The fourth-order valence-corrected chi connectivity index (χ4v) is 3.50. The van der Waals surface area contributed by atoms with Crippen molar-refractivity contribution in [2.45, 2.75) is 44.9 Å². The van der Waals surface area contributed by atoms with Gasteiger partial charge in [-0.25, -0.2) is 0 Å². The third-order valence-electron chi connectivity index (χ3n) is 4.49. The number of rotatable bonds is 4. The van der Waals surface area contributed by atoms with Crippen LogP contribution in [0.4, 0.5) is 5.69 Å². The summed E-state index contributed by atoms with van der Waals surface area (Å²) >= 11 is 6.47. The number of nitro groups is 1. The number of alkyl halides is 1. The van der Waals surface area contributed by atoms with Gasteiger partial charge in [0.15, 0.2) is 0 Å². The van der Waals surface area contributed by atoms with Crippen molar-refractivity contribution in [3.8, 4) is 0 Å². The highest BCUT2D eigenvalue weighted by molar-refractivity contribution is 6.20. The molecule has 1 aromatic rings. The summed E-state index contributed by atoms with van der Waals surface area (Å²) in [5.41, 5.74) is 1.20. The van der Waals surface area contributed by atoms with Crippen molar-refractivity contribution in [1.82, 2.24) is 0 Å². The molecule has 0 amide bonds. The maximum Gasteiger partial charge on any atom is 0.269 e. The predicted octanol–water partition coefficient (Wildman–Crippen LogP) is 4.82. The van der Waals surface area contributed by atoms with Crippen LogP contribution in [-0.4, -0.2) is 10.3 Å². The Morgan fingerprint density at radius 2 is 2.15 bits per heavy atom. The molecule has 1 fully saturated rings. The van der Waals surface area contributed by atoms with Crippen LogP contribution in [-0.2, 0) is 6.42 Å². The molecule has 0 aromatic heterocycles. The molecule has 0 radical (unpaired) electrons. The summed E-state index contributed by atoms with van der Waals surface area (Å²) in [4.78, 5) is 10.5. The first kappa shape index (κ1) is 15.3. The molecule has 0 aliphatic heterocycles. The molecule has 1 aliphatic rings. The highest BCUT2D eigenvalue weighted by Gasteiger charge is 2.30. The first-order chi connectivity index (χ1) is 9.47. The van der Waals surface area contributed by atoms with Gasteiger partial charge < -0.3 is 0 Å². The van der Waals surface area contributed by atoms with E-state index in [4.69, 9.17) is 11.6 Å². The average molecular weight is 296 g/mol. The minimum Gasteiger partial charge on any atom is -0.258 e. The zero-order valence-corrected chi connectivity index (χ0v) is 12.8. The average Bonchev–Trinajstić information content (AvgIpc) is 2.41. The molecule has 2 rings (SSSR count). The lowest BCUT2D eigenvalue weighted by atomic mass is 9.74. The van der Waals surface area contributed by atoms with Crippen LogP contribution in [0.5, 0.6) is 0 Å². The van der Waals surface area contributed by atoms with Crippen molar-refractivity contribution >= 4 is 17.3 Å². The van der Waals surface area contributed by atoms with E-state index in [1.807, 2.05) is 6.07 Å². The molecule has 3 nitrogen and oxygen atoms in total. The Morgan fingerprint density at radius 1 is 1.40 bits per heavy atom. The lowest BCUT2D eigenvalue weighted by Crippen LogP contribution is -2.29. The largest absolute Gasteiger partial charge is 0.269 e. The molecule has 0 spiro atoms. The van der Waals surface area contributed by atoms with E-state index in [-0.39, 0.29) is 16.0 Å². The maximum absolute atomic E-state index is 10.8. The Hall–Kier alpha value is -1.09. The van der Waals surface area contributed by atoms with Crippen molar-refractivity contribution in [1.29, 1.82) is 0 Å². The van der Waals surface area contributed by atoms with Crippen molar-refractivity contribution in [2.24, 2.45) is 17.8 Å².